The predicted molar refractivity (Wildman–Crippen MR) is 54.8 cm³/mol. The molecule has 0 saturated heterocycles. The van der Waals surface area contributed by atoms with Crippen LogP contribution in [0.25, 0.3) is 0 Å². The van der Waals surface area contributed by atoms with Gasteiger partial charge in [0.05, 0.1) is 17.9 Å². The summed E-state index contributed by atoms with van der Waals surface area (Å²) in [5.74, 6) is 0.918. The van der Waals surface area contributed by atoms with Crippen LogP contribution in [0.3, 0.4) is 0 Å². The van der Waals surface area contributed by atoms with Crippen molar-refractivity contribution in [3.63, 3.8) is 0 Å². The smallest absolute Gasteiger partial charge is 0.0993 e. The number of hydrogen-bond donors (Lipinski definition) is 2. The average molecular weight is 194 g/mol. The van der Waals surface area contributed by atoms with Crippen LogP contribution in [0.1, 0.15) is 44.3 Å². The van der Waals surface area contributed by atoms with Gasteiger partial charge in [-0.1, -0.05) is 19.8 Å². The molecule has 1 aromatic heterocycles. The maximum Gasteiger partial charge on any atom is 0.0993 e. The topological polar surface area (TPSA) is 53.6 Å². The lowest BCUT2D eigenvalue weighted by atomic mass is 10.1. The second-order valence-corrected chi connectivity index (χ2v) is 4.08. The lowest BCUT2D eigenvalue weighted by Gasteiger charge is -2.14. The molecule has 2 rings (SSSR count). The second-order valence-electron chi connectivity index (χ2n) is 4.08. The Labute approximate surface area is 84.5 Å². The summed E-state index contributed by atoms with van der Waals surface area (Å²) in [5.41, 5.74) is 1.06. The molecular weight excluding hydrogens is 176 g/mol. The Morgan fingerprint density at radius 2 is 2.50 bits per heavy atom. The van der Waals surface area contributed by atoms with E-state index < -0.39 is 0 Å². The summed E-state index contributed by atoms with van der Waals surface area (Å²) in [6.07, 6.45) is 6.99. The van der Waals surface area contributed by atoms with E-state index in [0.717, 1.165) is 18.2 Å². The van der Waals surface area contributed by atoms with Gasteiger partial charge in [0, 0.05) is 0 Å². The highest BCUT2D eigenvalue weighted by Gasteiger charge is 2.26. The summed E-state index contributed by atoms with van der Waals surface area (Å²) >= 11 is 0. The van der Waals surface area contributed by atoms with Gasteiger partial charge in [0.15, 0.2) is 0 Å². The quantitative estimate of drug-likeness (QED) is 0.724. The van der Waals surface area contributed by atoms with Crippen molar-refractivity contribution < 1.29 is 0 Å². The fourth-order valence-corrected chi connectivity index (χ4v) is 1.69. The Balaban J connectivity index is 1.90. The molecule has 4 heteroatoms. The third-order valence-electron chi connectivity index (χ3n) is 2.70. The fourth-order valence-electron chi connectivity index (χ4n) is 1.69. The first kappa shape index (κ1) is 9.65. The molecule has 0 radical (unpaired) electrons. The van der Waals surface area contributed by atoms with Gasteiger partial charge in [0.1, 0.15) is 0 Å². The summed E-state index contributed by atoms with van der Waals surface area (Å²) in [4.78, 5) is 0. The molecule has 0 aliphatic heterocycles. The van der Waals surface area contributed by atoms with Crippen LogP contribution in [-0.4, -0.2) is 22.0 Å². The van der Waals surface area contributed by atoms with Gasteiger partial charge in [-0.25, -0.2) is 0 Å². The maximum absolute atomic E-state index is 4.15. The molecule has 0 amide bonds. The first-order chi connectivity index (χ1) is 6.90. The molecule has 1 atom stereocenters. The zero-order valence-electron chi connectivity index (χ0n) is 8.66. The summed E-state index contributed by atoms with van der Waals surface area (Å²) < 4.78 is 0. The Hall–Kier alpha value is -0.900. The molecule has 1 heterocycles. The predicted octanol–water partition coefficient (Wildman–Crippen LogP) is 1.65. The van der Waals surface area contributed by atoms with E-state index >= 15 is 0 Å². The summed E-state index contributed by atoms with van der Waals surface area (Å²) in [6.45, 7) is 3.24. The number of nitrogens with one attached hydrogen (secondary N) is 2. The van der Waals surface area contributed by atoms with Crippen molar-refractivity contribution in [2.45, 2.75) is 38.6 Å². The van der Waals surface area contributed by atoms with Crippen LogP contribution in [0.15, 0.2) is 6.20 Å². The van der Waals surface area contributed by atoms with E-state index in [2.05, 4.69) is 27.7 Å². The van der Waals surface area contributed by atoms with Crippen molar-refractivity contribution in [1.82, 2.24) is 20.7 Å². The number of hydrogen-bond acceptors (Lipinski definition) is 3. The van der Waals surface area contributed by atoms with Gasteiger partial charge in [0.2, 0.25) is 0 Å². The minimum absolute atomic E-state index is 0.404. The Bertz CT molecular complexity index is 253. The van der Waals surface area contributed by atoms with E-state index in [9.17, 15) is 0 Å². The largest absolute Gasteiger partial charge is 0.309 e. The molecule has 0 spiro atoms. The lowest BCUT2D eigenvalue weighted by Crippen LogP contribution is -2.23. The third-order valence-corrected chi connectivity index (χ3v) is 2.70. The minimum atomic E-state index is 0.404. The molecule has 4 nitrogen and oxygen atoms in total. The second kappa shape index (κ2) is 4.55. The van der Waals surface area contributed by atoms with Crippen LogP contribution in [-0.2, 0) is 0 Å². The average Bonchev–Trinajstić information content (AvgIpc) is 2.84. The summed E-state index contributed by atoms with van der Waals surface area (Å²) in [5, 5.41) is 14.2. The minimum Gasteiger partial charge on any atom is -0.309 e. The fraction of sp³-hybridized carbons (Fsp3) is 0.800. The third kappa shape index (κ3) is 2.54. The van der Waals surface area contributed by atoms with E-state index in [1.165, 1.54) is 25.7 Å². The molecule has 0 bridgehead atoms. The maximum atomic E-state index is 4.15. The molecule has 0 aromatic carbocycles. The first-order valence-electron chi connectivity index (χ1n) is 5.49. The molecule has 1 aliphatic carbocycles. The molecule has 78 valence electrons. The highest BCUT2D eigenvalue weighted by Crippen LogP contribution is 2.37. The van der Waals surface area contributed by atoms with E-state index in [1.807, 2.05) is 6.20 Å². The van der Waals surface area contributed by atoms with Crippen LogP contribution in [0.2, 0.25) is 0 Å². The normalized spacial score (nSPS) is 18.4. The van der Waals surface area contributed by atoms with Crippen LogP contribution in [0, 0.1) is 5.92 Å². The van der Waals surface area contributed by atoms with Gasteiger partial charge >= 0.3 is 0 Å². The number of aromatic amines is 1. The Morgan fingerprint density at radius 1 is 1.64 bits per heavy atom. The molecule has 1 saturated carbocycles. The number of nitrogens with zero attached hydrogens (tertiary/aromatic N) is 2. The van der Waals surface area contributed by atoms with Crippen molar-refractivity contribution in [3.8, 4) is 0 Å². The number of rotatable bonds is 6. The van der Waals surface area contributed by atoms with Crippen LogP contribution in [0.4, 0.5) is 0 Å². The van der Waals surface area contributed by atoms with Gasteiger partial charge in [-0.15, -0.1) is 0 Å². The summed E-state index contributed by atoms with van der Waals surface area (Å²) in [7, 11) is 0. The zero-order chi connectivity index (χ0) is 9.80. The molecular formula is C10H18N4. The van der Waals surface area contributed by atoms with Crippen LogP contribution in [0.5, 0.6) is 0 Å². The zero-order valence-corrected chi connectivity index (χ0v) is 8.66. The van der Waals surface area contributed by atoms with Crippen molar-refractivity contribution >= 4 is 0 Å². The van der Waals surface area contributed by atoms with Crippen molar-refractivity contribution in [2.75, 3.05) is 6.54 Å². The summed E-state index contributed by atoms with van der Waals surface area (Å²) in [6, 6.07) is 0.404. The molecule has 14 heavy (non-hydrogen) atoms. The Kier molecular flexibility index (Phi) is 3.14. The van der Waals surface area contributed by atoms with Gasteiger partial charge in [-0.2, -0.15) is 15.4 Å². The van der Waals surface area contributed by atoms with E-state index in [0.29, 0.717) is 6.04 Å². The molecule has 2 N–H and O–H groups in total. The highest BCUT2D eigenvalue weighted by atomic mass is 15.3. The van der Waals surface area contributed by atoms with Crippen molar-refractivity contribution in [3.05, 3.63) is 11.9 Å². The number of H-pyrrole nitrogens is 1. The van der Waals surface area contributed by atoms with Crippen LogP contribution < -0.4 is 5.32 Å². The monoisotopic (exact) mass is 194 g/mol. The van der Waals surface area contributed by atoms with Gasteiger partial charge in [-0.3, -0.25) is 0 Å². The van der Waals surface area contributed by atoms with Crippen LogP contribution >= 0.6 is 0 Å². The lowest BCUT2D eigenvalue weighted by molar-refractivity contribution is 0.464. The molecule has 1 fully saturated rings. The van der Waals surface area contributed by atoms with E-state index in [4.69, 9.17) is 0 Å². The van der Waals surface area contributed by atoms with Gasteiger partial charge in [-0.05, 0) is 25.3 Å². The highest BCUT2D eigenvalue weighted by molar-refractivity contribution is 5.01. The van der Waals surface area contributed by atoms with Crippen molar-refractivity contribution in [1.29, 1.82) is 0 Å². The van der Waals surface area contributed by atoms with Gasteiger partial charge < -0.3 is 5.32 Å². The molecule has 1 aliphatic rings. The molecule has 1 unspecified atom stereocenters. The number of aromatic nitrogens is 3. The van der Waals surface area contributed by atoms with E-state index in [-0.39, 0.29) is 0 Å². The molecule has 1 aromatic rings. The van der Waals surface area contributed by atoms with E-state index in [1.54, 1.807) is 0 Å². The first-order valence-corrected chi connectivity index (χ1v) is 5.49. The standard InChI is InChI=1S/C10H18N4/c1-2-5-11-9(6-8-3-4-8)10-7-12-14-13-10/h7-9,11H,2-6H2,1H3,(H,12,13,14). The Morgan fingerprint density at radius 3 is 3.07 bits per heavy atom. The van der Waals surface area contributed by atoms with Gasteiger partial charge in [0.25, 0.3) is 0 Å². The SMILES string of the molecule is CCCNC(CC1CC1)c1cn[nH]n1. The van der Waals surface area contributed by atoms with Crippen molar-refractivity contribution in [2.24, 2.45) is 5.92 Å².